The van der Waals surface area contributed by atoms with Crippen molar-refractivity contribution in [2.45, 2.75) is 22.5 Å². The van der Waals surface area contributed by atoms with Crippen LogP contribution in [0.3, 0.4) is 0 Å². The fraction of sp³-hybridized carbons (Fsp3) is 0.429. The van der Waals surface area contributed by atoms with Crippen LogP contribution in [-0.2, 0) is 10.0 Å². The van der Waals surface area contributed by atoms with Crippen LogP contribution in [0.25, 0.3) is 0 Å². The van der Waals surface area contributed by atoms with E-state index in [1.54, 1.807) is 11.8 Å². The molecule has 0 aliphatic heterocycles. The summed E-state index contributed by atoms with van der Waals surface area (Å²) >= 11 is 1.66. The Morgan fingerprint density at radius 1 is 1.48 bits per heavy atom. The highest BCUT2D eigenvalue weighted by atomic mass is 32.2. The van der Waals surface area contributed by atoms with E-state index < -0.39 is 15.8 Å². The average Bonchev–Trinajstić information content (AvgIpc) is 3.25. The second-order valence-corrected chi connectivity index (χ2v) is 7.90. The van der Waals surface area contributed by atoms with E-state index in [1.807, 2.05) is 6.26 Å². The summed E-state index contributed by atoms with van der Waals surface area (Å²) in [6.45, 7) is 0.491. The van der Waals surface area contributed by atoms with Gasteiger partial charge in [-0.15, -0.1) is 0 Å². The first kappa shape index (κ1) is 16.3. The predicted molar refractivity (Wildman–Crippen MR) is 83.0 cm³/mol. The van der Waals surface area contributed by atoms with Gasteiger partial charge in [0.2, 0.25) is 10.0 Å². The minimum atomic E-state index is -3.70. The lowest BCUT2D eigenvalue weighted by molar-refractivity contribution is 0.575. The average molecular weight is 328 g/mol. The molecule has 0 atom stereocenters. The number of nitrogens with two attached hydrogens (primary N) is 1. The summed E-state index contributed by atoms with van der Waals surface area (Å²) in [7, 11) is -3.70. The van der Waals surface area contributed by atoms with Crippen LogP contribution in [0.2, 0.25) is 0 Å². The Kier molecular flexibility index (Phi) is 4.94. The Bertz CT molecular complexity index is 689. The van der Waals surface area contributed by atoms with Crippen LogP contribution in [0, 0.1) is 17.7 Å². The SMILES string of the molecule is CSC1(CNS(=O)(=O)c2ccc(C#CCN)c(F)c2)CC1. The molecule has 0 aromatic heterocycles. The molecule has 1 aromatic carbocycles. The summed E-state index contributed by atoms with van der Waals surface area (Å²) in [6.07, 6.45) is 3.96. The first-order valence-electron chi connectivity index (χ1n) is 6.46. The third kappa shape index (κ3) is 3.98. The van der Waals surface area contributed by atoms with Crippen molar-refractivity contribution in [2.24, 2.45) is 5.73 Å². The van der Waals surface area contributed by atoms with E-state index in [0.717, 1.165) is 18.9 Å². The summed E-state index contributed by atoms with van der Waals surface area (Å²) in [5.41, 5.74) is 5.36. The Balaban J connectivity index is 2.15. The molecule has 114 valence electrons. The van der Waals surface area contributed by atoms with Crippen molar-refractivity contribution in [1.29, 1.82) is 0 Å². The van der Waals surface area contributed by atoms with Gasteiger partial charge in [-0.05, 0) is 37.3 Å². The minimum Gasteiger partial charge on any atom is -0.320 e. The van der Waals surface area contributed by atoms with Crippen LogP contribution >= 0.6 is 11.8 Å². The quantitative estimate of drug-likeness (QED) is 0.800. The van der Waals surface area contributed by atoms with Crippen LogP contribution < -0.4 is 10.5 Å². The Morgan fingerprint density at radius 2 is 2.19 bits per heavy atom. The minimum absolute atomic E-state index is 0.0121. The molecule has 21 heavy (non-hydrogen) atoms. The summed E-state index contributed by atoms with van der Waals surface area (Å²) < 4.78 is 40.7. The standard InChI is InChI=1S/C14H17FN2O2S2/c1-20-14(6-7-14)10-17-21(18,19)12-5-4-11(3-2-8-16)13(15)9-12/h4-5,9,17H,6-8,10,16H2,1H3. The third-order valence-electron chi connectivity index (χ3n) is 3.40. The van der Waals surface area contributed by atoms with Gasteiger partial charge in [0.05, 0.1) is 17.0 Å². The molecule has 0 heterocycles. The van der Waals surface area contributed by atoms with Gasteiger partial charge < -0.3 is 5.73 Å². The van der Waals surface area contributed by atoms with Gasteiger partial charge in [0, 0.05) is 11.3 Å². The Morgan fingerprint density at radius 3 is 2.71 bits per heavy atom. The summed E-state index contributed by atoms with van der Waals surface area (Å²) in [4.78, 5) is -0.0878. The monoisotopic (exact) mass is 328 g/mol. The van der Waals surface area contributed by atoms with Gasteiger partial charge in [-0.1, -0.05) is 11.8 Å². The van der Waals surface area contributed by atoms with E-state index >= 15 is 0 Å². The lowest BCUT2D eigenvalue weighted by Crippen LogP contribution is -2.31. The molecule has 1 aliphatic carbocycles. The number of sulfonamides is 1. The van der Waals surface area contributed by atoms with E-state index in [9.17, 15) is 12.8 Å². The van der Waals surface area contributed by atoms with Crippen molar-refractivity contribution in [3.8, 4) is 11.8 Å². The third-order valence-corrected chi connectivity index (χ3v) is 6.22. The van der Waals surface area contributed by atoms with Gasteiger partial charge in [0.1, 0.15) is 5.82 Å². The first-order valence-corrected chi connectivity index (χ1v) is 9.16. The Hall–Kier alpha value is -1.07. The maximum Gasteiger partial charge on any atom is 0.240 e. The molecule has 3 N–H and O–H groups in total. The van der Waals surface area contributed by atoms with E-state index in [2.05, 4.69) is 16.6 Å². The predicted octanol–water partition coefficient (Wildman–Crippen LogP) is 1.31. The van der Waals surface area contributed by atoms with Gasteiger partial charge in [-0.2, -0.15) is 11.8 Å². The maximum atomic E-state index is 13.8. The van der Waals surface area contributed by atoms with Crippen LogP contribution in [0.4, 0.5) is 4.39 Å². The number of hydrogen-bond acceptors (Lipinski definition) is 4. The van der Waals surface area contributed by atoms with Crippen molar-refractivity contribution >= 4 is 21.8 Å². The van der Waals surface area contributed by atoms with Crippen molar-refractivity contribution < 1.29 is 12.8 Å². The van der Waals surface area contributed by atoms with E-state index in [4.69, 9.17) is 5.73 Å². The second-order valence-electron chi connectivity index (χ2n) is 4.86. The molecule has 0 unspecified atom stereocenters. The maximum absolute atomic E-state index is 13.8. The van der Waals surface area contributed by atoms with E-state index in [0.29, 0.717) is 6.54 Å². The molecule has 0 bridgehead atoms. The van der Waals surface area contributed by atoms with Gasteiger partial charge in [0.25, 0.3) is 0 Å². The molecule has 0 spiro atoms. The van der Waals surface area contributed by atoms with Crippen molar-refractivity contribution in [1.82, 2.24) is 4.72 Å². The molecule has 0 saturated heterocycles. The molecule has 2 rings (SSSR count). The van der Waals surface area contributed by atoms with Gasteiger partial charge in [-0.25, -0.2) is 17.5 Å². The summed E-state index contributed by atoms with van der Waals surface area (Å²) in [6, 6.07) is 3.69. The number of thioether (sulfide) groups is 1. The van der Waals surface area contributed by atoms with Crippen molar-refractivity contribution in [3.63, 3.8) is 0 Å². The second kappa shape index (κ2) is 6.36. The van der Waals surface area contributed by atoms with Gasteiger partial charge in [-0.3, -0.25) is 0 Å². The topological polar surface area (TPSA) is 72.2 Å². The molecule has 1 saturated carbocycles. The zero-order valence-electron chi connectivity index (χ0n) is 11.6. The highest BCUT2D eigenvalue weighted by Crippen LogP contribution is 2.46. The molecule has 0 amide bonds. The smallest absolute Gasteiger partial charge is 0.240 e. The Labute approximate surface area is 128 Å². The molecule has 0 radical (unpaired) electrons. The largest absolute Gasteiger partial charge is 0.320 e. The van der Waals surface area contributed by atoms with Crippen LogP contribution in [0.15, 0.2) is 23.1 Å². The highest BCUT2D eigenvalue weighted by molar-refractivity contribution is 8.00. The molecular weight excluding hydrogens is 311 g/mol. The lowest BCUT2D eigenvalue weighted by atomic mass is 10.2. The zero-order chi connectivity index (χ0) is 15.5. The fourth-order valence-electron chi connectivity index (χ4n) is 1.81. The molecule has 1 aliphatic rings. The molecule has 7 heteroatoms. The van der Waals surface area contributed by atoms with Crippen LogP contribution in [0.5, 0.6) is 0 Å². The zero-order valence-corrected chi connectivity index (χ0v) is 13.3. The van der Waals surface area contributed by atoms with Crippen LogP contribution in [0.1, 0.15) is 18.4 Å². The lowest BCUT2D eigenvalue weighted by Gasteiger charge is -2.13. The molecule has 1 aromatic rings. The summed E-state index contributed by atoms with van der Waals surface area (Å²) in [5.74, 6) is 4.43. The number of halogens is 1. The number of benzene rings is 1. The molecule has 1 fully saturated rings. The first-order chi connectivity index (χ1) is 9.92. The normalized spacial score (nSPS) is 16.1. The number of rotatable bonds is 5. The van der Waals surface area contributed by atoms with E-state index in [1.165, 1.54) is 12.1 Å². The van der Waals surface area contributed by atoms with Gasteiger partial charge in [0.15, 0.2) is 0 Å². The van der Waals surface area contributed by atoms with Gasteiger partial charge >= 0.3 is 0 Å². The fourth-order valence-corrected chi connectivity index (χ4v) is 3.77. The van der Waals surface area contributed by atoms with Crippen LogP contribution in [-0.4, -0.2) is 32.5 Å². The summed E-state index contributed by atoms with van der Waals surface area (Å²) in [5, 5.41) is 0. The molecular formula is C14H17FN2O2S2. The van der Waals surface area contributed by atoms with Crippen molar-refractivity contribution in [2.75, 3.05) is 19.3 Å². The number of hydrogen-bond donors (Lipinski definition) is 2. The van der Waals surface area contributed by atoms with Crippen molar-refractivity contribution in [3.05, 3.63) is 29.6 Å². The van der Waals surface area contributed by atoms with E-state index in [-0.39, 0.29) is 21.8 Å². The number of nitrogens with one attached hydrogen (secondary N) is 1. The highest BCUT2D eigenvalue weighted by Gasteiger charge is 2.42. The molecule has 4 nitrogen and oxygen atoms in total.